The second-order valence-electron chi connectivity index (χ2n) is 9.12. The molecule has 0 aliphatic carbocycles. The number of aliphatic hydroxyl groups is 2. The maximum Gasteiger partial charge on any atom is 0.256 e. The molecule has 1 aliphatic heterocycles. The number of aromatic nitrogens is 1. The number of hydrogen-bond acceptors (Lipinski definition) is 4. The number of nitrogens with zero attached hydrogens (tertiary/aromatic N) is 3. The number of carbonyl (C=O) groups is 2. The molecular formula is C28H32ClN3O4. The van der Waals surface area contributed by atoms with Crippen molar-refractivity contribution in [3.8, 4) is 0 Å². The smallest absolute Gasteiger partial charge is 0.256 e. The standard InChI is InChI=1S/C28H32ClN3O4/c1-3-30(4-2)26(34)19-32-18-23(22-10-9-21(29)17-25(22)32)27(35)31-14-12-28(36,13-15-31)24-8-6-5-7-20(24)11-16-33/h5-11,16-18,33,36H,3-4,12-15,19H2,1-2H3/b16-11+. The fraction of sp³-hybridized carbons (Fsp3) is 0.357. The molecule has 36 heavy (non-hydrogen) atoms. The third kappa shape index (κ3) is 4.99. The van der Waals surface area contributed by atoms with Crippen molar-refractivity contribution in [1.29, 1.82) is 0 Å². The zero-order valence-electron chi connectivity index (χ0n) is 20.7. The summed E-state index contributed by atoms with van der Waals surface area (Å²) in [6.07, 6.45) is 5.02. The first kappa shape index (κ1) is 25.8. The number of fused-ring (bicyclic) bond motifs is 1. The van der Waals surface area contributed by atoms with Crippen molar-refractivity contribution in [2.75, 3.05) is 26.2 Å². The second kappa shape index (κ2) is 10.8. The largest absolute Gasteiger partial charge is 0.516 e. The van der Waals surface area contributed by atoms with Gasteiger partial charge in [-0.05, 0) is 56.0 Å². The molecule has 0 atom stereocenters. The number of rotatable bonds is 7. The third-order valence-corrected chi connectivity index (χ3v) is 7.33. The summed E-state index contributed by atoms with van der Waals surface area (Å²) in [7, 11) is 0. The maximum absolute atomic E-state index is 13.6. The minimum atomic E-state index is -1.09. The van der Waals surface area contributed by atoms with Crippen LogP contribution in [0.4, 0.5) is 0 Å². The van der Waals surface area contributed by atoms with E-state index in [-0.39, 0.29) is 18.4 Å². The first-order chi connectivity index (χ1) is 17.3. The molecule has 2 heterocycles. The Hall–Kier alpha value is -3.29. The lowest BCUT2D eigenvalue weighted by molar-refractivity contribution is -0.131. The Kier molecular flexibility index (Phi) is 7.71. The number of likely N-dealkylation sites (tertiary alicyclic amines) is 1. The Balaban J connectivity index is 1.58. The molecule has 4 rings (SSSR count). The van der Waals surface area contributed by atoms with Crippen molar-refractivity contribution in [3.05, 3.63) is 76.6 Å². The van der Waals surface area contributed by atoms with Crippen molar-refractivity contribution in [2.45, 2.75) is 38.8 Å². The highest BCUT2D eigenvalue weighted by Gasteiger charge is 2.37. The van der Waals surface area contributed by atoms with Crippen LogP contribution in [0.25, 0.3) is 17.0 Å². The quantitative estimate of drug-likeness (QED) is 0.447. The van der Waals surface area contributed by atoms with Crippen LogP contribution in [0.3, 0.4) is 0 Å². The molecule has 0 unspecified atom stereocenters. The molecule has 190 valence electrons. The fourth-order valence-electron chi connectivity index (χ4n) is 5.05. The molecule has 2 amide bonds. The lowest BCUT2D eigenvalue weighted by atomic mass is 9.82. The van der Waals surface area contributed by atoms with Gasteiger partial charge in [-0.15, -0.1) is 0 Å². The van der Waals surface area contributed by atoms with Crippen molar-refractivity contribution < 1.29 is 19.8 Å². The van der Waals surface area contributed by atoms with Gasteiger partial charge < -0.3 is 24.6 Å². The molecule has 0 bridgehead atoms. The highest BCUT2D eigenvalue weighted by Crippen LogP contribution is 2.36. The molecule has 0 saturated carbocycles. The van der Waals surface area contributed by atoms with E-state index in [0.717, 1.165) is 28.3 Å². The number of likely N-dealkylation sites (N-methyl/N-ethyl adjacent to an activating group) is 1. The normalized spacial score (nSPS) is 15.5. The van der Waals surface area contributed by atoms with E-state index < -0.39 is 5.60 Å². The summed E-state index contributed by atoms with van der Waals surface area (Å²) in [5, 5.41) is 21.9. The molecule has 1 fully saturated rings. The van der Waals surface area contributed by atoms with Gasteiger partial charge >= 0.3 is 0 Å². The van der Waals surface area contributed by atoms with E-state index in [4.69, 9.17) is 11.6 Å². The third-order valence-electron chi connectivity index (χ3n) is 7.09. The summed E-state index contributed by atoms with van der Waals surface area (Å²) >= 11 is 6.25. The van der Waals surface area contributed by atoms with Crippen molar-refractivity contribution in [3.63, 3.8) is 0 Å². The number of amides is 2. The molecule has 1 aromatic heterocycles. The van der Waals surface area contributed by atoms with E-state index in [0.29, 0.717) is 49.6 Å². The number of aliphatic hydroxyl groups excluding tert-OH is 1. The van der Waals surface area contributed by atoms with E-state index in [9.17, 15) is 19.8 Å². The van der Waals surface area contributed by atoms with Crippen LogP contribution >= 0.6 is 11.6 Å². The summed E-state index contributed by atoms with van der Waals surface area (Å²) in [4.78, 5) is 29.9. The Bertz CT molecular complexity index is 1290. The number of hydrogen-bond donors (Lipinski definition) is 2. The van der Waals surface area contributed by atoms with Crippen molar-refractivity contribution in [1.82, 2.24) is 14.4 Å². The molecule has 7 nitrogen and oxygen atoms in total. The zero-order valence-corrected chi connectivity index (χ0v) is 21.4. The van der Waals surface area contributed by atoms with Crippen LogP contribution in [-0.2, 0) is 16.9 Å². The second-order valence-corrected chi connectivity index (χ2v) is 9.56. The van der Waals surface area contributed by atoms with Crippen LogP contribution in [0.1, 0.15) is 48.2 Å². The molecule has 1 saturated heterocycles. The van der Waals surface area contributed by atoms with Crippen molar-refractivity contribution in [2.24, 2.45) is 0 Å². The van der Waals surface area contributed by atoms with E-state index in [2.05, 4.69) is 0 Å². The minimum absolute atomic E-state index is 0.0190. The summed E-state index contributed by atoms with van der Waals surface area (Å²) < 4.78 is 1.80. The number of benzene rings is 2. The Labute approximate surface area is 216 Å². The molecular weight excluding hydrogens is 478 g/mol. The van der Waals surface area contributed by atoms with E-state index in [1.807, 2.05) is 44.2 Å². The van der Waals surface area contributed by atoms with Gasteiger partial charge in [0, 0.05) is 42.8 Å². The van der Waals surface area contributed by atoms with Gasteiger partial charge in [0.1, 0.15) is 6.54 Å². The average Bonchev–Trinajstić information content (AvgIpc) is 3.22. The van der Waals surface area contributed by atoms with Crippen LogP contribution in [0.2, 0.25) is 5.02 Å². The average molecular weight is 510 g/mol. The zero-order chi connectivity index (χ0) is 25.9. The molecule has 8 heteroatoms. The maximum atomic E-state index is 13.6. The first-order valence-electron chi connectivity index (χ1n) is 12.3. The molecule has 2 N–H and O–H groups in total. The van der Waals surface area contributed by atoms with Crippen LogP contribution < -0.4 is 0 Å². The monoisotopic (exact) mass is 509 g/mol. The molecule has 0 radical (unpaired) electrons. The predicted octanol–water partition coefficient (Wildman–Crippen LogP) is 4.82. The SMILES string of the molecule is CCN(CC)C(=O)Cn1cc(C(=O)N2CCC(O)(c3ccccc3/C=C/O)CC2)c2ccc(Cl)cc21. The summed E-state index contributed by atoms with van der Waals surface area (Å²) in [6, 6.07) is 12.8. The van der Waals surface area contributed by atoms with E-state index in [1.165, 1.54) is 0 Å². The van der Waals surface area contributed by atoms with Crippen LogP contribution in [0.15, 0.2) is 54.9 Å². The van der Waals surface area contributed by atoms with Gasteiger partial charge in [0.15, 0.2) is 0 Å². The van der Waals surface area contributed by atoms with Gasteiger partial charge in [0.2, 0.25) is 5.91 Å². The van der Waals surface area contributed by atoms with Crippen LogP contribution in [-0.4, -0.2) is 62.6 Å². The lowest BCUT2D eigenvalue weighted by Gasteiger charge is -2.39. The number of halogens is 1. The van der Waals surface area contributed by atoms with E-state index in [1.54, 1.807) is 38.8 Å². The Morgan fingerprint density at radius 1 is 1.11 bits per heavy atom. The van der Waals surface area contributed by atoms with Gasteiger partial charge in [-0.25, -0.2) is 0 Å². The summed E-state index contributed by atoms with van der Waals surface area (Å²) in [5.41, 5.74) is 1.65. The highest BCUT2D eigenvalue weighted by atomic mass is 35.5. The molecule has 3 aromatic rings. The molecule has 2 aromatic carbocycles. The van der Waals surface area contributed by atoms with Crippen LogP contribution in [0, 0.1) is 0 Å². The van der Waals surface area contributed by atoms with Gasteiger partial charge in [0.25, 0.3) is 5.91 Å². The number of piperidine rings is 1. The lowest BCUT2D eigenvalue weighted by Crippen LogP contribution is -2.45. The first-order valence-corrected chi connectivity index (χ1v) is 12.7. The highest BCUT2D eigenvalue weighted by molar-refractivity contribution is 6.31. The Morgan fingerprint density at radius 2 is 1.81 bits per heavy atom. The van der Waals surface area contributed by atoms with Crippen LogP contribution in [0.5, 0.6) is 0 Å². The summed E-state index contributed by atoms with van der Waals surface area (Å²) in [6.45, 7) is 6.01. The molecule has 1 aliphatic rings. The van der Waals surface area contributed by atoms with Gasteiger partial charge in [-0.3, -0.25) is 9.59 Å². The molecule has 0 spiro atoms. The Morgan fingerprint density at radius 3 is 2.47 bits per heavy atom. The topological polar surface area (TPSA) is 86.0 Å². The van der Waals surface area contributed by atoms with Crippen molar-refractivity contribution >= 4 is 40.4 Å². The van der Waals surface area contributed by atoms with E-state index >= 15 is 0 Å². The predicted molar refractivity (Wildman–Crippen MR) is 142 cm³/mol. The minimum Gasteiger partial charge on any atom is -0.516 e. The van der Waals surface area contributed by atoms with Gasteiger partial charge in [0.05, 0.1) is 22.9 Å². The van der Waals surface area contributed by atoms with Gasteiger partial charge in [-0.2, -0.15) is 0 Å². The van der Waals surface area contributed by atoms with Gasteiger partial charge in [-0.1, -0.05) is 41.9 Å². The summed E-state index contributed by atoms with van der Waals surface area (Å²) in [5.74, 6) is -0.156. The number of carbonyl (C=O) groups excluding carboxylic acids is 2. The fourth-order valence-corrected chi connectivity index (χ4v) is 5.22.